The first-order valence-corrected chi connectivity index (χ1v) is 9.46. The Bertz CT molecular complexity index is 1100. The summed E-state index contributed by atoms with van der Waals surface area (Å²) >= 11 is 0. The topological polar surface area (TPSA) is 34.0 Å². The average molecular weight is 354 g/mol. The summed E-state index contributed by atoms with van der Waals surface area (Å²) in [6.45, 7) is 5.04. The maximum atomic E-state index is 4.93. The Morgan fingerprint density at radius 3 is 2.70 bits per heavy atom. The number of para-hydroxylation sites is 1. The van der Waals surface area contributed by atoms with Gasteiger partial charge in [-0.3, -0.25) is 9.47 Å². The van der Waals surface area contributed by atoms with Crippen LogP contribution in [0.2, 0.25) is 0 Å². The first-order valence-electron chi connectivity index (χ1n) is 9.46. The molecule has 0 bridgehead atoms. The number of benzene rings is 2. The fourth-order valence-corrected chi connectivity index (χ4v) is 4.01. The molecule has 4 nitrogen and oxygen atoms in total. The predicted octanol–water partition coefficient (Wildman–Crippen LogP) is 4.29. The smallest absolute Gasteiger partial charge is 0.234 e. The van der Waals surface area contributed by atoms with Crippen molar-refractivity contribution < 1.29 is 0 Å². The van der Waals surface area contributed by atoms with Crippen LogP contribution in [0.3, 0.4) is 0 Å². The van der Waals surface area contributed by atoms with Crippen molar-refractivity contribution >= 4 is 10.9 Å². The molecule has 1 aliphatic rings. The van der Waals surface area contributed by atoms with Gasteiger partial charge in [-0.25, -0.2) is 9.97 Å². The Kier molecular flexibility index (Phi) is 3.98. The quantitative estimate of drug-likeness (QED) is 0.550. The fourth-order valence-electron chi connectivity index (χ4n) is 4.01. The minimum absolute atomic E-state index is 0.781. The molecule has 0 saturated carbocycles. The van der Waals surface area contributed by atoms with Crippen molar-refractivity contribution in [2.45, 2.75) is 26.4 Å². The zero-order valence-corrected chi connectivity index (χ0v) is 15.5. The fraction of sp³-hybridized carbons (Fsp3) is 0.217. The predicted molar refractivity (Wildman–Crippen MR) is 108 cm³/mol. The Labute approximate surface area is 159 Å². The molecule has 5 rings (SSSR count). The van der Waals surface area contributed by atoms with Gasteiger partial charge in [0.05, 0.1) is 11.2 Å². The molecule has 3 heterocycles. The van der Waals surface area contributed by atoms with Gasteiger partial charge in [0.25, 0.3) is 0 Å². The molecule has 2 aromatic heterocycles. The second-order valence-electron chi connectivity index (χ2n) is 7.27. The number of nitrogens with zero attached hydrogens (tertiary/aromatic N) is 4. The van der Waals surface area contributed by atoms with E-state index < -0.39 is 0 Å². The van der Waals surface area contributed by atoms with Crippen LogP contribution in [0, 0.1) is 6.92 Å². The molecule has 0 radical (unpaired) electrons. The molecular formula is C23H22N4. The maximum absolute atomic E-state index is 4.93. The van der Waals surface area contributed by atoms with Crippen LogP contribution < -0.4 is 0 Å². The van der Waals surface area contributed by atoms with Gasteiger partial charge in [0.2, 0.25) is 5.95 Å². The van der Waals surface area contributed by atoms with Gasteiger partial charge in [0.15, 0.2) is 0 Å². The highest BCUT2D eigenvalue weighted by atomic mass is 15.2. The molecule has 1 aliphatic heterocycles. The van der Waals surface area contributed by atoms with E-state index in [9.17, 15) is 0 Å². The van der Waals surface area contributed by atoms with Gasteiger partial charge < -0.3 is 0 Å². The van der Waals surface area contributed by atoms with Gasteiger partial charge in [-0.05, 0) is 24.6 Å². The summed E-state index contributed by atoms with van der Waals surface area (Å²) in [6, 6.07) is 21.3. The van der Waals surface area contributed by atoms with Crippen molar-refractivity contribution in [3.63, 3.8) is 0 Å². The second kappa shape index (κ2) is 6.63. The van der Waals surface area contributed by atoms with E-state index in [1.165, 1.54) is 22.2 Å². The van der Waals surface area contributed by atoms with Crippen LogP contribution in [-0.2, 0) is 19.5 Å². The van der Waals surface area contributed by atoms with Crippen molar-refractivity contribution in [1.82, 2.24) is 19.4 Å². The number of rotatable bonds is 3. The molecule has 0 saturated heterocycles. The maximum Gasteiger partial charge on any atom is 0.234 e. The molecule has 0 atom stereocenters. The summed E-state index contributed by atoms with van der Waals surface area (Å²) in [7, 11) is 0. The molecule has 4 heteroatoms. The van der Waals surface area contributed by atoms with Crippen molar-refractivity contribution in [1.29, 1.82) is 0 Å². The number of fused-ring (bicyclic) bond motifs is 2. The zero-order chi connectivity index (χ0) is 18.2. The summed E-state index contributed by atoms with van der Waals surface area (Å²) in [5.41, 5.74) is 6.11. The number of hydrogen-bond acceptors (Lipinski definition) is 3. The molecule has 27 heavy (non-hydrogen) atoms. The summed E-state index contributed by atoms with van der Waals surface area (Å²) in [5.74, 6) is 0.781. The van der Waals surface area contributed by atoms with Gasteiger partial charge in [0.1, 0.15) is 0 Å². The lowest BCUT2D eigenvalue weighted by molar-refractivity contribution is 0.243. The van der Waals surface area contributed by atoms with Crippen molar-refractivity contribution in [3.05, 3.63) is 89.4 Å². The highest BCUT2D eigenvalue weighted by Crippen LogP contribution is 2.24. The van der Waals surface area contributed by atoms with Gasteiger partial charge in [-0.15, -0.1) is 0 Å². The van der Waals surface area contributed by atoms with E-state index in [2.05, 4.69) is 77.1 Å². The van der Waals surface area contributed by atoms with Crippen LogP contribution in [-0.4, -0.2) is 26.0 Å². The molecule has 0 aliphatic carbocycles. The highest BCUT2D eigenvalue weighted by Gasteiger charge is 2.19. The molecular weight excluding hydrogens is 332 g/mol. The lowest BCUT2D eigenvalue weighted by Gasteiger charge is -2.28. The van der Waals surface area contributed by atoms with Gasteiger partial charge in [-0.2, -0.15) is 0 Å². The van der Waals surface area contributed by atoms with E-state index in [1.54, 1.807) is 0 Å². The van der Waals surface area contributed by atoms with E-state index in [0.29, 0.717) is 0 Å². The Hall–Kier alpha value is -2.98. The average Bonchev–Trinajstić information content (AvgIpc) is 3.04. The summed E-state index contributed by atoms with van der Waals surface area (Å²) in [6.07, 6.45) is 2.99. The van der Waals surface area contributed by atoms with E-state index in [0.717, 1.165) is 43.2 Å². The van der Waals surface area contributed by atoms with E-state index in [-0.39, 0.29) is 0 Å². The number of hydrogen-bond donors (Lipinski definition) is 0. The molecule has 0 amide bonds. The van der Waals surface area contributed by atoms with Crippen LogP contribution in [0.4, 0.5) is 0 Å². The second-order valence-corrected chi connectivity index (χ2v) is 7.27. The molecule has 0 fully saturated rings. The zero-order valence-electron chi connectivity index (χ0n) is 15.5. The third-order valence-electron chi connectivity index (χ3n) is 5.34. The SMILES string of the molecule is Cc1cc2ccccc2n1-c1ncc2c(n1)CCN(Cc1ccccc1)C2. The van der Waals surface area contributed by atoms with Crippen molar-refractivity contribution in [2.24, 2.45) is 0 Å². The van der Waals surface area contributed by atoms with Crippen LogP contribution in [0.1, 0.15) is 22.5 Å². The lowest BCUT2D eigenvalue weighted by Crippen LogP contribution is -2.31. The molecule has 0 N–H and O–H groups in total. The molecule has 4 aromatic rings. The Balaban J connectivity index is 1.44. The highest BCUT2D eigenvalue weighted by molar-refractivity contribution is 5.82. The minimum Gasteiger partial charge on any atom is -0.294 e. The lowest BCUT2D eigenvalue weighted by atomic mass is 10.1. The Morgan fingerprint density at radius 2 is 1.81 bits per heavy atom. The van der Waals surface area contributed by atoms with Crippen molar-refractivity contribution in [3.8, 4) is 5.95 Å². The monoisotopic (exact) mass is 354 g/mol. The van der Waals surface area contributed by atoms with Crippen LogP contribution in [0.15, 0.2) is 66.9 Å². The summed E-state index contributed by atoms with van der Waals surface area (Å²) in [4.78, 5) is 12.1. The standard InChI is InChI=1S/C23H22N4/c1-17-13-19-9-5-6-10-22(19)27(17)23-24-14-20-16-26(12-11-21(20)25-23)15-18-7-3-2-4-8-18/h2-10,13-14H,11-12,15-16H2,1H3. The first-order chi connectivity index (χ1) is 13.3. The van der Waals surface area contributed by atoms with Crippen LogP contribution in [0.25, 0.3) is 16.9 Å². The van der Waals surface area contributed by atoms with E-state index >= 15 is 0 Å². The van der Waals surface area contributed by atoms with E-state index in [4.69, 9.17) is 9.97 Å². The van der Waals surface area contributed by atoms with Crippen LogP contribution in [0.5, 0.6) is 0 Å². The number of aryl methyl sites for hydroxylation is 1. The summed E-state index contributed by atoms with van der Waals surface area (Å²) < 4.78 is 2.16. The third-order valence-corrected chi connectivity index (χ3v) is 5.34. The normalized spacial score (nSPS) is 14.4. The van der Waals surface area contributed by atoms with Gasteiger partial charge in [0, 0.05) is 48.9 Å². The van der Waals surface area contributed by atoms with Gasteiger partial charge >= 0.3 is 0 Å². The summed E-state index contributed by atoms with van der Waals surface area (Å²) in [5, 5.41) is 1.23. The first kappa shape index (κ1) is 16.2. The Morgan fingerprint density at radius 1 is 1.00 bits per heavy atom. The molecule has 134 valence electrons. The van der Waals surface area contributed by atoms with Crippen LogP contribution >= 0.6 is 0 Å². The molecule has 0 unspecified atom stereocenters. The molecule has 2 aromatic carbocycles. The number of aromatic nitrogens is 3. The van der Waals surface area contributed by atoms with Gasteiger partial charge in [-0.1, -0.05) is 48.5 Å². The van der Waals surface area contributed by atoms with Crippen molar-refractivity contribution in [2.75, 3.05) is 6.54 Å². The minimum atomic E-state index is 0.781. The largest absolute Gasteiger partial charge is 0.294 e. The van der Waals surface area contributed by atoms with E-state index in [1.807, 2.05) is 6.20 Å². The third kappa shape index (κ3) is 3.02. The molecule has 0 spiro atoms.